The van der Waals surface area contributed by atoms with Gasteiger partial charge in [0.25, 0.3) is 0 Å². The van der Waals surface area contributed by atoms with Crippen LogP contribution in [0.25, 0.3) is 0 Å². The van der Waals surface area contributed by atoms with Crippen molar-refractivity contribution >= 4 is 5.97 Å². The Balaban J connectivity index is 1.76. The minimum atomic E-state index is -0.630. The lowest BCUT2D eigenvalue weighted by molar-refractivity contribution is -0.137. The summed E-state index contributed by atoms with van der Waals surface area (Å²) in [6, 6.07) is 0. The molecule has 2 fully saturated rings. The lowest BCUT2D eigenvalue weighted by Gasteiger charge is -2.05. The molecule has 2 aliphatic rings. The maximum absolute atomic E-state index is 10.3. The first-order valence-electron chi connectivity index (χ1n) is 4.95. The van der Waals surface area contributed by atoms with Gasteiger partial charge >= 0.3 is 5.97 Å². The van der Waals surface area contributed by atoms with Crippen molar-refractivity contribution in [3.8, 4) is 0 Å². The monoisotopic (exact) mass is 168 g/mol. The average Bonchev–Trinajstić information content (AvgIpc) is 2.42. The summed E-state index contributed by atoms with van der Waals surface area (Å²) in [5.41, 5.74) is 0.634. The first kappa shape index (κ1) is 8.09. The van der Waals surface area contributed by atoms with E-state index in [1.807, 2.05) is 0 Å². The van der Waals surface area contributed by atoms with Crippen molar-refractivity contribution in [3.05, 3.63) is 0 Å². The normalized spacial score (nSPS) is 30.8. The predicted octanol–water partition coefficient (Wildman–Crippen LogP) is 2.43. The van der Waals surface area contributed by atoms with Gasteiger partial charge in [-0.3, -0.25) is 4.79 Å². The Hall–Kier alpha value is -0.530. The molecule has 1 unspecified atom stereocenters. The Morgan fingerprint density at radius 1 is 1.42 bits per heavy atom. The predicted molar refractivity (Wildman–Crippen MR) is 45.9 cm³/mol. The second-order valence-corrected chi connectivity index (χ2v) is 4.40. The van der Waals surface area contributed by atoms with Gasteiger partial charge in [-0.05, 0) is 37.0 Å². The van der Waals surface area contributed by atoms with Crippen LogP contribution in [0.5, 0.6) is 0 Å². The highest BCUT2D eigenvalue weighted by Gasteiger charge is 2.54. The van der Waals surface area contributed by atoms with Crippen LogP contribution in [0.4, 0.5) is 0 Å². The van der Waals surface area contributed by atoms with Gasteiger partial charge in [0, 0.05) is 6.42 Å². The van der Waals surface area contributed by atoms with Crippen LogP contribution in [-0.2, 0) is 4.79 Å². The van der Waals surface area contributed by atoms with E-state index in [4.69, 9.17) is 5.11 Å². The van der Waals surface area contributed by atoms with Gasteiger partial charge in [0.15, 0.2) is 0 Å². The van der Waals surface area contributed by atoms with Gasteiger partial charge in [-0.25, -0.2) is 0 Å². The lowest BCUT2D eigenvalue weighted by Crippen LogP contribution is -2.00. The molecule has 2 saturated carbocycles. The second-order valence-electron chi connectivity index (χ2n) is 4.40. The summed E-state index contributed by atoms with van der Waals surface area (Å²) in [6.07, 6.45) is 8.13. The summed E-state index contributed by atoms with van der Waals surface area (Å²) in [5.74, 6) is 0.131. The third kappa shape index (κ3) is 1.35. The topological polar surface area (TPSA) is 37.3 Å². The van der Waals surface area contributed by atoms with Crippen molar-refractivity contribution in [2.75, 3.05) is 0 Å². The minimum absolute atomic E-state index is 0.381. The van der Waals surface area contributed by atoms with Gasteiger partial charge in [0.1, 0.15) is 0 Å². The molecule has 0 radical (unpaired) electrons. The fraction of sp³-hybridized carbons (Fsp3) is 0.900. The number of hydrogen-bond acceptors (Lipinski definition) is 1. The smallest absolute Gasteiger partial charge is 0.303 e. The van der Waals surface area contributed by atoms with Crippen molar-refractivity contribution < 1.29 is 9.90 Å². The maximum Gasteiger partial charge on any atom is 0.303 e. The fourth-order valence-electron chi connectivity index (χ4n) is 2.83. The van der Waals surface area contributed by atoms with E-state index in [9.17, 15) is 4.79 Å². The molecule has 0 amide bonds. The molecule has 0 aromatic heterocycles. The Bertz CT molecular complexity index is 192. The molecule has 2 rings (SSSR count). The molecule has 2 nitrogen and oxygen atoms in total. The zero-order valence-corrected chi connectivity index (χ0v) is 7.38. The van der Waals surface area contributed by atoms with Crippen molar-refractivity contribution in [1.82, 2.24) is 0 Å². The zero-order chi connectivity index (χ0) is 8.60. The molecule has 2 heteroatoms. The van der Waals surface area contributed by atoms with Gasteiger partial charge in [0.2, 0.25) is 0 Å². The van der Waals surface area contributed by atoms with Crippen molar-refractivity contribution in [2.24, 2.45) is 11.3 Å². The van der Waals surface area contributed by atoms with Crippen LogP contribution in [0.2, 0.25) is 0 Å². The Kier molecular flexibility index (Phi) is 1.85. The highest BCUT2D eigenvalue weighted by atomic mass is 16.4. The third-order valence-corrected chi connectivity index (χ3v) is 3.66. The van der Waals surface area contributed by atoms with Crippen LogP contribution < -0.4 is 0 Å². The van der Waals surface area contributed by atoms with Crippen molar-refractivity contribution in [1.29, 1.82) is 0 Å². The standard InChI is InChI=1S/C10H16O2/c11-9(12)4-3-8-7-10(8)5-1-2-6-10/h8H,1-7H2,(H,11,12). The summed E-state index contributed by atoms with van der Waals surface area (Å²) in [4.78, 5) is 10.3. The molecule has 0 bridgehead atoms. The van der Waals surface area contributed by atoms with Crippen molar-refractivity contribution in [3.63, 3.8) is 0 Å². The lowest BCUT2D eigenvalue weighted by atomic mass is 10.00. The summed E-state index contributed by atoms with van der Waals surface area (Å²) in [7, 11) is 0. The van der Waals surface area contributed by atoms with E-state index >= 15 is 0 Å². The van der Waals surface area contributed by atoms with E-state index in [1.165, 1.54) is 32.1 Å². The Labute approximate surface area is 73.0 Å². The van der Waals surface area contributed by atoms with Gasteiger partial charge in [-0.1, -0.05) is 12.8 Å². The Morgan fingerprint density at radius 3 is 2.67 bits per heavy atom. The number of carboxylic acid groups (broad SMARTS) is 1. The largest absolute Gasteiger partial charge is 0.481 e. The highest BCUT2D eigenvalue weighted by molar-refractivity contribution is 5.66. The van der Waals surface area contributed by atoms with Crippen LogP contribution in [0.3, 0.4) is 0 Å². The van der Waals surface area contributed by atoms with Crippen LogP contribution in [0.15, 0.2) is 0 Å². The van der Waals surface area contributed by atoms with Gasteiger partial charge in [-0.15, -0.1) is 0 Å². The van der Waals surface area contributed by atoms with Gasteiger partial charge in [-0.2, -0.15) is 0 Å². The molecule has 68 valence electrons. The first-order chi connectivity index (χ1) is 5.73. The number of carboxylic acids is 1. The van der Waals surface area contributed by atoms with Crippen molar-refractivity contribution in [2.45, 2.75) is 44.9 Å². The average molecular weight is 168 g/mol. The van der Waals surface area contributed by atoms with Crippen LogP contribution in [-0.4, -0.2) is 11.1 Å². The Morgan fingerprint density at radius 2 is 2.08 bits per heavy atom. The molecule has 0 aromatic rings. The van der Waals surface area contributed by atoms with Crippen LogP contribution in [0.1, 0.15) is 44.9 Å². The molecule has 1 spiro atoms. The van der Waals surface area contributed by atoms with Gasteiger partial charge < -0.3 is 5.11 Å². The zero-order valence-electron chi connectivity index (χ0n) is 7.38. The number of hydrogen-bond donors (Lipinski definition) is 1. The van der Waals surface area contributed by atoms with E-state index in [1.54, 1.807) is 0 Å². The first-order valence-corrected chi connectivity index (χ1v) is 4.95. The van der Waals surface area contributed by atoms with E-state index in [0.29, 0.717) is 11.8 Å². The second kappa shape index (κ2) is 2.75. The highest BCUT2D eigenvalue weighted by Crippen LogP contribution is 2.64. The molecule has 0 aromatic carbocycles. The number of aliphatic carboxylic acids is 1. The molecular formula is C10H16O2. The summed E-state index contributed by atoms with van der Waals surface area (Å²) < 4.78 is 0. The molecule has 0 saturated heterocycles. The molecule has 2 aliphatic carbocycles. The maximum atomic E-state index is 10.3. The van der Waals surface area contributed by atoms with Crippen LogP contribution in [0, 0.1) is 11.3 Å². The molecule has 1 N–H and O–H groups in total. The van der Waals surface area contributed by atoms with E-state index in [-0.39, 0.29) is 0 Å². The summed E-state index contributed by atoms with van der Waals surface area (Å²) >= 11 is 0. The molecule has 12 heavy (non-hydrogen) atoms. The quantitative estimate of drug-likeness (QED) is 0.702. The van der Waals surface area contributed by atoms with Crippen LogP contribution >= 0.6 is 0 Å². The number of carbonyl (C=O) groups is 1. The van der Waals surface area contributed by atoms with E-state index in [0.717, 1.165) is 12.3 Å². The van der Waals surface area contributed by atoms with Gasteiger partial charge in [0.05, 0.1) is 0 Å². The molecular weight excluding hydrogens is 152 g/mol. The van der Waals surface area contributed by atoms with E-state index < -0.39 is 5.97 Å². The fourth-order valence-corrected chi connectivity index (χ4v) is 2.83. The van der Waals surface area contributed by atoms with E-state index in [2.05, 4.69) is 0 Å². The third-order valence-electron chi connectivity index (χ3n) is 3.66. The minimum Gasteiger partial charge on any atom is -0.481 e. The molecule has 0 aliphatic heterocycles. The molecule has 1 atom stereocenters. The molecule has 0 heterocycles. The SMILES string of the molecule is O=C(O)CCC1CC12CCCC2. The summed E-state index contributed by atoms with van der Waals surface area (Å²) in [6.45, 7) is 0. The number of rotatable bonds is 3. The summed E-state index contributed by atoms with van der Waals surface area (Å²) in [5, 5.41) is 8.52.